The van der Waals surface area contributed by atoms with Gasteiger partial charge in [-0.3, -0.25) is 14.2 Å². The van der Waals surface area contributed by atoms with E-state index < -0.39 is 40.9 Å². The number of ether oxygens (including phenoxy) is 2. The molecule has 1 aromatic heterocycles. The Balaban J connectivity index is 1.68. The van der Waals surface area contributed by atoms with E-state index in [0.717, 1.165) is 29.7 Å². The highest BCUT2D eigenvalue weighted by molar-refractivity contribution is 6.34. The van der Waals surface area contributed by atoms with Crippen molar-refractivity contribution in [1.82, 2.24) is 14.3 Å². The highest BCUT2D eigenvalue weighted by Gasteiger charge is 2.25. The van der Waals surface area contributed by atoms with Crippen molar-refractivity contribution in [2.75, 3.05) is 5.32 Å². The Labute approximate surface area is 235 Å². The quantitative estimate of drug-likeness (QED) is 0.358. The van der Waals surface area contributed by atoms with E-state index >= 15 is 4.39 Å². The average Bonchev–Trinajstić information content (AvgIpc) is 3.21. The van der Waals surface area contributed by atoms with E-state index in [4.69, 9.17) is 21.1 Å². The van der Waals surface area contributed by atoms with Crippen LogP contribution in [0.2, 0.25) is 5.02 Å². The minimum Gasteiger partial charge on any atom is -0.490 e. The SMILES string of the molecule is CC(CCC(=O)OC(C)(C)C)Oc1cc(-n2nc3n(c2=O)CCCC3)c(F)cc1C(=O)Nc1c(F)cccc1Cl. The number of carbonyl (C=O) groups excluding carboxylic acids is 2. The van der Waals surface area contributed by atoms with Gasteiger partial charge in [0, 0.05) is 25.5 Å². The minimum atomic E-state index is -0.906. The number of hydrogen-bond acceptors (Lipinski definition) is 6. The van der Waals surface area contributed by atoms with Crippen LogP contribution < -0.4 is 15.7 Å². The van der Waals surface area contributed by atoms with E-state index in [1.54, 1.807) is 27.7 Å². The molecule has 2 heterocycles. The molecule has 1 aliphatic rings. The summed E-state index contributed by atoms with van der Waals surface area (Å²) in [6, 6.07) is 6.00. The number of hydrogen-bond donors (Lipinski definition) is 1. The molecule has 1 N–H and O–H groups in total. The fraction of sp³-hybridized carbons (Fsp3) is 0.429. The number of nitrogens with one attached hydrogen (secondary N) is 1. The number of carbonyl (C=O) groups is 2. The van der Waals surface area contributed by atoms with Crippen LogP contribution in [0.1, 0.15) is 69.6 Å². The molecule has 9 nitrogen and oxygen atoms in total. The summed E-state index contributed by atoms with van der Waals surface area (Å²) in [5.74, 6) is -2.54. The molecule has 4 rings (SSSR count). The van der Waals surface area contributed by atoms with Gasteiger partial charge in [-0.25, -0.2) is 13.6 Å². The molecule has 1 aliphatic heterocycles. The van der Waals surface area contributed by atoms with E-state index in [1.807, 2.05) is 0 Å². The van der Waals surface area contributed by atoms with Gasteiger partial charge in [0.1, 0.15) is 34.5 Å². The first kappa shape index (κ1) is 29.3. The summed E-state index contributed by atoms with van der Waals surface area (Å²) in [7, 11) is 0. The van der Waals surface area contributed by atoms with Gasteiger partial charge in [-0.2, -0.15) is 4.68 Å². The van der Waals surface area contributed by atoms with Crippen LogP contribution in [0.4, 0.5) is 14.5 Å². The van der Waals surface area contributed by atoms with E-state index in [1.165, 1.54) is 22.8 Å². The first-order valence-electron chi connectivity index (χ1n) is 13.0. The Morgan fingerprint density at radius 2 is 1.93 bits per heavy atom. The second kappa shape index (κ2) is 11.8. The van der Waals surface area contributed by atoms with Crippen molar-refractivity contribution in [3.63, 3.8) is 0 Å². The van der Waals surface area contributed by atoms with Gasteiger partial charge in [0.2, 0.25) is 0 Å². The molecule has 0 bridgehead atoms. The summed E-state index contributed by atoms with van der Waals surface area (Å²) in [5, 5.41) is 6.62. The lowest BCUT2D eigenvalue weighted by atomic mass is 10.1. The van der Waals surface area contributed by atoms with Crippen molar-refractivity contribution >= 4 is 29.2 Å². The first-order valence-corrected chi connectivity index (χ1v) is 13.4. The molecule has 40 heavy (non-hydrogen) atoms. The van der Waals surface area contributed by atoms with Crippen LogP contribution in [0, 0.1) is 11.6 Å². The van der Waals surface area contributed by atoms with Crippen molar-refractivity contribution < 1.29 is 27.8 Å². The Bertz CT molecular complexity index is 1470. The van der Waals surface area contributed by atoms with E-state index in [-0.39, 0.29) is 40.6 Å². The molecule has 214 valence electrons. The molecule has 12 heteroatoms. The minimum absolute atomic E-state index is 0.0338. The molecule has 1 unspecified atom stereocenters. The summed E-state index contributed by atoms with van der Waals surface area (Å²) in [5.41, 5.74) is -1.90. The Morgan fingerprint density at radius 3 is 2.60 bits per heavy atom. The number of aromatic nitrogens is 3. The zero-order chi connectivity index (χ0) is 29.2. The monoisotopic (exact) mass is 576 g/mol. The van der Waals surface area contributed by atoms with Crippen molar-refractivity contribution in [3.8, 4) is 11.4 Å². The van der Waals surface area contributed by atoms with Crippen LogP contribution in [0.5, 0.6) is 5.75 Å². The number of aryl methyl sites for hydroxylation is 1. The van der Waals surface area contributed by atoms with Crippen LogP contribution >= 0.6 is 11.6 Å². The highest BCUT2D eigenvalue weighted by atomic mass is 35.5. The molecule has 0 spiro atoms. The topological polar surface area (TPSA) is 104 Å². The number of amides is 1. The molecule has 0 aliphatic carbocycles. The number of rotatable bonds is 8. The molecule has 2 aromatic carbocycles. The fourth-order valence-corrected chi connectivity index (χ4v) is 4.53. The predicted octanol–water partition coefficient (Wildman–Crippen LogP) is 5.44. The second-order valence-electron chi connectivity index (χ2n) is 10.6. The largest absolute Gasteiger partial charge is 0.490 e. The zero-order valence-corrected chi connectivity index (χ0v) is 23.5. The third-order valence-corrected chi connectivity index (χ3v) is 6.51. The van der Waals surface area contributed by atoms with Crippen LogP contribution in [0.25, 0.3) is 5.69 Å². The standard InChI is InChI=1S/C28H31ClF2N4O5/c1-16(11-12-24(36)40-28(2,3)4)39-22-15-21(35-27(38)34-13-6-5-10-23(34)33-35)20(31)14-17(22)26(37)32-25-18(29)8-7-9-19(25)30/h7-9,14-16H,5-6,10-13H2,1-4H3,(H,32,37). The van der Waals surface area contributed by atoms with Crippen molar-refractivity contribution in [2.24, 2.45) is 0 Å². The van der Waals surface area contributed by atoms with Gasteiger partial charge in [-0.05, 0) is 65.2 Å². The van der Waals surface area contributed by atoms with Crippen molar-refractivity contribution in [1.29, 1.82) is 0 Å². The number of halogens is 3. The Morgan fingerprint density at radius 1 is 1.18 bits per heavy atom. The van der Waals surface area contributed by atoms with Crippen molar-refractivity contribution in [3.05, 3.63) is 68.9 Å². The van der Waals surface area contributed by atoms with Crippen molar-refractivity contribution in [2.45, 2.75) is 78.0 Å². The molecule has 3 aromatic rings. The van der Waals surface area contributed by atoms with E-state index in [2.05, 4.69) is 10.4 Å². The number of benzene rings is 2. The second-order valence-corrected chi connectivity index (χ2v) is 11.0. The lowest BCUT2D eigenvalue weighted by molar-refractivity contribution is -0.155. The molecular formula is C28H31ClF2N4O5. The molecular weight excluding hydrogens is 546 g/mol. The zero-order valence-electron chi connectivity index (χ0n) is 22.7. The number of nitrogens with zero attached hydrogens (tertiary/aromatic N) is 3. The van der Waals surface area contributed by atoms with Gasteiger partial charge < -0.3 is 14.8 Å². The first-order chi connectivity index (χ1) is 18.8. The molecule has 0 radical (unpaired) electrons. The van der Waals surface area contributed by atoms with Gasteiger partial charge in [0.15, 0.2) is 0 Å². The Kier molecular flexibility index (Phi) is 8.62. The molecule has 1 amide bonds. The third-order valence-electron chi connectivity index (χ3n) is 6.20. The predicted molar refractivity (Wildman–Crippen MR) is 145 cm³/mol. The number of para-hydroxylation sites is 1. The maximum Gasteiger partial charge on any atom is 0.350 e. The molecule has 1 atom stereocenters. The van der Waals surface area contributed by atoms with Crippen LogP contribution in [-0.4, -0.2) is 37.9 Å². The average molecular weight is 577 g/mol. The van der Waals surface area contributed by atoms with Gasteiger partial charge in [0.25, 0.3) is 5.91 Å². The van der Waals surface area contributed by atoms with Gasteiger partial charge in [-0.1, -0.05) is 17.7 Å². The Hall–Kier alpha value is -3.73. The molecule has 0 saturated carbocycles. The van der Waals surface area contributed by atoms with E-state index in [9.17, 15) is 18.8 Å². The van der Waals surface area contributed by atoms with E-state index in [0.29, 0.717) is 18.8 Å². The maximum atomic E-state index is 15.5. The maximum absolute atomic E-state index is 15.5. The summed E-state index contributed by atoms with van der Waals surface area (Å²) in [4.78, 5) is 38.4. The lowest BCUT2D eigenvalue weighted by Gasteiger charge is -2.21. The summed E-state index contributed by atoms with van der Waals surface area (Å²) in [6.07, 6.45) is 1.88. The van der Waals surface area contributed by atoms with Gasteiger partial charge >= 0.3 is 11.7 Å². The number of fused-ring (bicyclic) bond motifs is 1. The van der Waals surface area contributed by atoms with Crippen LogP contribution in [-0.2, 0) is 22.5 Å². The highest BCUT2D eigenvalue weighted by Crippen LogP contribution is 2.30. The summed E-state index contributed by atoms with van der Waals surface area (Å²) < 4.78 is 43.6. The summed E-state index contributed by atoms with van der Waals surface area (Å²) >= 11 is 6.05. The van der Waals surface area contributed by atoms with Gasteiger partial charge in [0.05, 0.1) is 22.4 Å². The van der Waals surface area contributed by atoms with Crippen LogP contribution in [0.15, 0.2) is 35.1 Å². The third kappa shape index (κ3) is 6.70. The fourth-order valence-electron chi connectivity index (χ4n) is 4.32. The van der Waals surface area contributed by atoms with Gasteiger partial charge in [-0.15, -0.1) is 5.10 Å². The normalized spacial score (nSPS) is 13.9. The molecule has 0 saturated heterocycles. The number of anilines is 1. The smallest absolute Gasteiger partial charge is 0.350 e. The number of esters is 1. The van der Waals surface area contributed by atoms with Crippen LogP contribution in [0.3, 0.4) is 0 Å². The molecule has 0 fully saturated rings. The lowest BCUT2D eigenvalue weighted by Crippen LogP contribution is -2.27. The summed E-state index contributed by atoms with van der Waals surface area (Å²) in [6.45, 7) is 7.42.